The quantitative estimate of drug-likeness (QED) is 0.686. The maximum absolute atomic E-state index is 13.0. The van der Waals surface area contributed by atoms with Crippen molar-refractivity contribution in [1.29, 1.82) is 0 Å². The third-order valence-electron chi connectivity index (χ3n) is 2.86. The molecule has 122 valence electrons. The lowest BCUT2D eigenvalue weighted by molar-refractivity contribution is -0.136. The Bertz CT molecular complexity index is 552. The van der Waals surface area contributed by atoms with Gasteiger partial charge in [-0.1, -0.05) is 11.6 Å². The minimum Gasteiger partial charge on any atom is -0.388 e. The van der Waals surface area contributed by atoms with Gasteiger partial charge in [-0.3, -0.25) is 9.59 Å². The molecule has 1 rings (SSSR count). The van der Waals surface area contributed by atoms with Crippen LogP contribution in [0.1, 0.15) is 13.3 Å². The summed E-state index contributed by atoms with van der Waals surface area (Å²) in [5, 5.41) is 14.4. The number of hydrogen-bond donors (Lipinski definition) is 3. The molecule has 1 aromatic carbocycles. The number of carbonyl (C=O) groups excluding carboxylic acids is 2. The summed E-state index contributed by atoms with van der Waals surface area (Å²) in [6, 6.07) is 3.54. The molecular formula is C14H18ClFN2O4. The van der Waals surface area contributed by atoms with E-state index in [4.69, 9.17) is 16.3 Å². The number of halogens is 2. The molecule has 0 aliphatic heterocycles. The Kier molecular flexibility index (Phi) is 6.73. The first-order chi connectivity index (χ1) is 10.2. The molecule has 0 bridgehead atoms. The van der Waals surface area contributed by atoms with Gasteiger partial charge in [0.15, 0.2) is 0 Å². The van der Waals surface area contributed by atoms with Crippen LogP contribution < -0.4 is 10.6 Å². The van der Waals surface area contributed by atoms with Crippen LogP contribution in [0.5, 0.6) is 0 Å². The number of ether oxygens (including phenoxy) is 1. The van der Waals surface area contributed by atoms with Crippen molar-refractivity contribution in [2.75, 3.05) is 25.6 Å². The first kappa shape index (κ1) is 18.3. The number of anilines is 1. The average Bonchev–Trinajstić information content (AvgIpc) is 2.46. The van der Waals surface area contributed by atoms with Crippen LogP contribution >= 0.6 is 11.6 Å². The number of carbonyl (C=O) groups is 2. The Balaban J connectivity index is 2.51. The summed E-state index contributed by atoms with van der Waals surface area (Å²) in [6.45, 7) is 1.74. The molecular weight excluding hydrogens is 315 g/mol. The Morgan fingerprint density at radius 1 is 1.41 bits per heavy atom. The Morgan fingerprint density at radius 3 is 2.68 bits per heavy atom. The number of amides is 2. The van der Waals surface area contributed by atoms with Gasteiger partial charge in [0.05, 0.1) is 10.6 Å². The van der Waals surface area contributed by atoms with Crippen molar-refractivity contribution in [1.82, 2.24) is 5.32 Å². The van der Waals surface area contributed by atoms with Crippen molar-refractivity contribution in [3.05, 3.63) is 29.0 Å². The normalized spacial score (nSPS) is 13.3. The van der Waals surface area contributed by atoms with E-state index < -0.39 is 23.2 Å². The van der Waals surface area contributed by atoms with Gasteiger partial charge in [0.25, 0.3) is 0 Å². The van der Waals surface area contributed by atoms with Crippen molar-refractivity contribution in [2.24, 2.45) is 0 Å². The summed E-state index contributed by atoms with van der Waals surface area (Å²) < 4.78 is 17.8. The SMILES string of the molecule is COCCC(C)(O)CNC(=O)C(=O)Nc1ccc(F)c(Cl)c1. The van der Waals surface area contributed by atoms with E-state index in [1.54, 1.807) is 0 Å². The predicted octanol–water partition coefficient (Wildman–Crippen LogP) is 1.32. The van der Waals surface area contributed by atoms with E-state index in [0.29, 0.717) is 13.0 Å². The third-order valence-corrected chi connectivity index (χ3v) is 3.15. The topological polar surface area (TPSA) is 87.7 Å². The van der Waals surface area contributed by atoms with Crippen LogP contribution in [0.4, 0.5) is 10.1 Å². The van der Waals surface area contributed by atoms with Crippen LogP contribution in [0.3, 0.4) is 0 Å². The second-order valence-corrected chi connectivity index (χ2v) is 5.41. The van der Waals surface area contributed by atoms with Gasteiger partial charge in [-0.05, 0) is 25.1 Å². The minimum atomic E-state index is -1.19. The van der Waals surface area contributed by atoms with Crippen molar-refractivity contribution in [2.45, 2.75) is 18.9 Å². The second-order valence-electron chi connectivity index (χ2n) is 5.01. The minimum absolute atomic E-state index is 0.104. The lowest BCUT2D eigenvalue weighted by Gasteiger charge is -2.22. The molecule has 0 fully saturated rings. The average molecular weight is 333 g/mol. The molecule has 0 spiro atoms. The van der Waals surface area contributed by atoms with E-state index in [9.17, 15) is 19.1 Å². The third kappa shape index (κ3) is 5.97. The van der Waals surface area contributed by atoms with Crippen molar-refractivity contribution in [3.63, 3.8) is 0 Å². The number of hydrogen-bond acceptors (Lipinski definition) is 4. The Labute approximate surface area is 132 Å². The van der Waals surface area contributed by atoms with E-state index in [0.717, 1.165) is 6.07 Å². The Morgan fingerprint density at radius 2 is 2.09 bits per heavy atom. The van der Waals surface area contributed by atoms with Gasteiger partial charge in [0.2, 0.25) is 0 Å². The van der Waals surface area contributed by atoms with E-state index in [1.807, 2.05) is 0 Å². The van der Waals surface area contributed by atoms with Gasteiger partial charge in [0, 0.05) is 32.4 Å². The molecule has 1 aromatic rings. The standard InChI is InChI=1S/C14H18ClFN2O4/c1-14(21,5-6-22-2)8-17-12(19)13(20)18-9-3-4-11(16)10(15)7-9/h3-4,7,21H,5-6,8H2,1-2H3,(H,17,19)(H,18,20). The largest absolute Gasteiger partial charge is 0.388 e. The highest BCUT2D eigenvalue weighted by molar-refractivity contribution is 6.39. The van der Waals surface area contributed by atoms with E-state index in [2.05, 4.69) is 10.6 Å². The number of methoxy groups -OCH3 is 1. The molecule has 0 aliphatic carbocycles. The second kappa shape index (κ2) is 8.07. The van der Waals surface area contributed by atoms with Crippen LogP contribution in [0.2, 0.25) is 5.02 Å². The van der Waals surface area contributed by atoms with Crippen molar-refractivity contribution in [3.8, 4) is 0 Å². The monoisotopic (exact) mass is 332 g/mol. The van der Waals surface area contributed by atoms with Gasteiger partial charge in [-0.2, -0.15) is 0 Å². The number of rotatable bonds is 6. The summed E-state index contributed by atoms with van der Waals surface area (Å²) >= 11 is 5.57. The fraction of sp³-hybridized carbons (Fsp3) is 0.429. The van der Waals surface area contributed by atoms with Crippen molar-refractivity contribution < 1.29 is 23.8 Å². The first-order valence-corrected chi connectivity index (χ1v) is 6.88. The maximum Gasteiger partial charge on any atom is 0.313 e. The molecule has 2 amide bonds. The molecule has 0 aliphatic rings. The highest BCUT2D eigenvalue weighted by Gasteiger charge is 2.23. The molecule has 0 aromatic heterocycles. The molecule has 0 radical (unpaired) electrons. The van der Waals surface area contributed by atoms with Gasteiger partial charge < -0.3 is 20.5 Å². The smallest absolute Gasteiger partial charge is 0.313 e. The number of benzene rings is 1. The highest BCUT2D eigenvalue weighted by atomic mass is 35.5. The fourth-order valence-electron chi connectivity index (χ4n) is 1.52. The van der Waals surface area contributed by atoms with Gasteiger partial charge in [-0.15, -0.1) is 0 Å². The van der Waals surface area contributed by atoms with Gasteiger partial charge in [-0.25, -0.2) is 4.39 Å². The molecule has 3 N–H and O–H groups in total. The molecule has 8 heteroatoms. The van der Waals surface area contributed by atoms with Crippen LogP contribution in [0.25, 0.3) is 0 Å². The summed E-state index contributed by atoms with van der Waals surface area (Å²) in [5.74, 6) is -2.48. The molecule has 0 saturated carbocycles. The van der Waals surface area contributed by atoms with E-state index >= 15 is 0 Å². The summed E-state index contributed by atoms with van der Waals surface area (Å²) in [7, 11) is 1.50. The van der Waals surface area contributed by atoms with Crippen LogP contribution in [-0.2, 0) is 14.3 Å². The lowest BCUT2D eigenvalue weighted by Crippen LogP contribution is -2.45. The Hall–Kier alpha value is -1.70. The number of nitrogens with one attached hydrogen (secondary N) is 2. The molecule has 0 saturated heterocycles. The zero-order valence-corrected chi connectivity index (χ0v) is 13.0. The zero-order chi connectivity index (χ0) is 16.8. The molecule has 1 unspecified atom stereocenters. The van der Waals surface area contributed by atoms with Gasteiger partial charge in [0.1, 0.15) is 5.82 Å². The summed E-state index contributed by atoms with van der Waals surface area (Å²) in [6.07, 6.45) is 0.305. The maximum atomic E-state index is 13.0. The number of aliphatic hydroxyl groups is 1. The zero-order valence-electron chi connectivity index (χ0n) is 12.3. The van der Waals surface area contributed by atoms with Crippen LogP contribution in [-0.4, -0.2) is 42.8 Å². The van der Waals surface area contributed by atoms with Crippen LogP contribution in [0.15, 0.2) is 18.2 Å². The summed E-state index contributed by atoms with van der Waals surface area (Å²) in [5.41, 5.74) is -0.997. The lowest BCUT2D eigenvalue weighted by atomic mass is 10.0. The van der Waals surface area contributed by atoms with Crippen LogP contribution in [0, 0.1) is 5.82 Å². The fourth-order valence-corrected chi connectivity index (χ4v) is 1.70. The van der Waals surface area contributed by atoms with E-state index in [-0.39, 0.29) is 17.3 Å². The molecule has 22 heavy (non-hydrogen) atoms. The first-order valence-electron chi connectivity index (χ1n) is 6.51. The van der Waals surface area contributed by atoms with E-state index in [1.165, 1.54) is 26.2 Å². The molecule has 6 nitrogen and oxygen atoms in total. The predicted molar refractivity (Wildman–Crippen MR) is 80.2 cm³/mol. The van der Waals surface area contributed by atoms with Crippen molar-refractivity contribution >= 4 is 29.1 Å². The van der Waals surface area contributed by atoms with Gasteiger partial charge >= 0.3 is 11.8 Å². The summed E-state index contributed by atoms with van der Waals surface area (Å²) in [4.78, 5) is 23.3. The highest BCUT2D eigenvalue weighted by Crippen LogP contribution is 2.19. The molecule has 1 atom stereocenters. The molecule has 0 heterocycles.